The van der Waals surface area contributed by atoms with Gasteiger partial charge in [-0.2, -0.15) is 0 Å². The van der Waals surface area contributed by atoms with Gasteiger partial charge >= 0.3 is 0 Å². The Morgan fingerprint density at radius 1 is 0.625 bits per heavy atom. The molecule has 1 heteroatoms. The summed E-state index contributed by atoms with van der Waals surface area (Å²) in [5.74, 6) is 0.927. The maximum Gasteiger partial charge on any atom is 0.148 e. The van der Waals surface area contributed by atoms with Crippen LogP contribution in [-0.2, 0) is 4.79 Å². The molecule has 3 aliphatic carbocycles. The van der Waals surface area contributed by atoms with Gasteiger partial charge in [0.05, 0.1) is 0 Å². The first-order valence-corrected chi connectivity index (χ1v) is 5.78. The molecule has 16 heavy (non-hydrogen) atoms. The van der Waals surface area contributed by atoms with Crippen LogP contribution in [0.3, 0.4) is 0 Å². The molecule has 0 saturated heterocycles. The molecule has 0 fully saturated rings. The van der Waals surface area contributed by atoms with E-state index >= 15 is 0 Å². The second-order valence-electron chi connectivity index (χ2n) is 4.53. The van der Waals surface area contributed by atoms with Crippen molar-refractivity contribution in [2.75, 3.05) is 0 Å². The van der Waals surface area contributed by atoms with Crippen LogP contribution >= 0.6 is 0 Å². The Morgan fingerprint density at radius 3 is 1.56 bits per heavy atom. The van der Waals surface area contributed by atoms with Crippen LogP contribution in [0.2, 0.25) is 0 Å². The number of Topliss-reactive ketones (excluding diaryl/α,β-unsaturated/α-hetero) is 1. The SMILES string of the molecule is O=C1C2C=CC=CC2C=CC2C=CC=CC12. The minimum atomic E-state index is 0.0346. The van der Waals surface area contributed by atoms with Gasteiger partial charge in [-0.15, -0.1) is 0 Å². The summed E-state index contributed by atoms with van der Waals surface area (Å²) in [6.07, 6.45) is 20.7. The van der Waals surface area contributed by atoms with Crippen molar-refractivity contribution in [2.45, 2.75) is 0 Å². The van der Waals surface area contributed by atoms with E-state index in [9.17, 15) is 4.79 Å². The molecule has 1 nitrogen and oxygen atoms in total. The zero-order valence-corrected chi connectivity index (χ0v) is 8.99. The summed E-state index contributed by atoms with van der Waals surface area (Å²) in [5, 5.41) is 0. The van der Waals surface area contributed by atoms with Crippen molar-refractivity contribution in [3.63, 3.8) is 0 Å². The van der Waals surface area contributed by atoms with Crippen LogP contribution in [0.5, 0.6) is 0 Å². The number of allylic oxidation sites excluding steroid dienone is 10. The summed E-state index contributed by atoms with van der Waals surface area (Å²) in [6.45, 7) is 0. The Morgan fingerprint density at radius 2 is 1.06 bits per heavy atom. The van der Waals surface area contributed by atoms with Crippen molar-refractivity contribution >= 4 is 5.78 Å². The Kier molecular flexibility index (Phi) is 2.24. The maximum atomic E-state index is 12.4. The van der Waals surface area contributed by atoms with Crippen molar-refractivity contribution in [3.05, 3.63) is 60.8 Å². The Balaban J connectivity index is 2.00. The predicted octanol–water partition coefficient (Wildman–Crippen LogP) is 2.84. The second kappa shape index (κ2) is 3.75. The lowest BCUT2D eigenvalue weighted by molar-refractivity contribution is -0.125. The highest BCUT2D eigenvalue weighted by molar-refractivity contribution is 5.89. The summed E-state index contributed by atoms with van der Waals surface area (Å²) in [5.41, 5.74) is 0. The van der Waals surface area contributed by atoms with Crippen molar-refractivity contribution in [1.82, 2.24) is 0 Å². The molecule has 0 saturated carbocycles. The minimum absolute atomic E-state index is 0.0346. The van der Waals surface area contributed by atoms with E-state index in [0.29, 0.717) is 5.78 Å². The van der Waals surface area contributed by atoms with E-state index in [1.165, 1.54) is 0 Å². The fourth-order valence-electron chi connectivity index (χ4n) is 2.66. The van der Waals surface area contributed by atoms with Gasteiger partial charge in [0.1, 0.15) is 5.78 Å². The Hall–Kier alpha value is -1.63. The summed E-state index contributed by atoms with van der Waals surface area (Å²) < 4.78 is 0. The topological polar surface area (TPSA) is 17.1 Å². The van der Waals surface area contributed by atoms with Crippen LogP contribution in [0.1, 0.15) is 0 Å². The number of hydrogen-bond donors (Lipinski definition) is 0. The van der Waals surface area contributed by atoms with Crippen LogP contribution in [-0.4, -0.2) is 5.78 Å². The summed E-state index contributed by atoms with van der Waals surface area (Å²) >= 11 is 0. The first-order chi connectivity index (χ1) is 7.86. The molecule has 0 N–H and O–H groups in total. The molecule has 4 atom stereocenters. The molecule has 80 valence electrons. The second-order valence-corrected chi connectivity index (χ2v) is 4.53. The number of rotatable bonds is 0. The number of carbonyl (C=O) groups is 1. The first kappa shape index (κ1) is 9.59. The van der Waals surface area contributed by atoms with E-state index in [2.05, 4.69) is 24.3 Å². The van der Waals surface area contributed by atoms with E-state index in [0.717, 1.165) is 0 Å². The highest BCUT2D eigenvalue weighted by Crippen LogP contribution is 2.34. The quantitative estimate of drug-likeness (QED) is 0.562. The molecule has 0 aromatic rings. The predicted molar refractivity (Wildman–Crippen MR) is 64.7 cm³/mol. The zero-order valence-electron chi connectivity index (χ0n) is 8.99. The zero-order chi connectivity index (χ0) is 11.0. The average molecular weight is 210 g/mol. The summed E-state index contributed by atoms with van der Waals surface area (Å²) in [7, 11) is 0. The van der Waals surface area contributed by atoms with E-state index in [-0.39, 0.29) is 23.7 Å². The maximum absolute atomic E-state index is 12.4. The molecule has 0 radical (unpaired) electrons. The van der Waals surface area contributed by atoms with Gasteiger partial charge in [-0.05, 0) is 0 Å². The average Bonchev–Trinajstić information content (AvgIpc) is 2.49. The molecule has 4 unspecified atom stereocenters. The van der Waals surface area contributed by atoms with Gasteiger partial charge in [0.2, 0.25) is 0 Å². The van der Waals surface area contributed by atoms with Gasteiger partial charge in [-0.1, -0.05) is 60.8 Å². The molecule has 0 heterocycles. The Labute approximate surface area is 95.5 Å². The molecule has 0 aromatic carbocycles. The van der Waals surface area contributed by atoms with E-state index in [4.69, 9.17) is 0 Å². The van der Waals surface area contributed by atoms with Crippen molar-refractivity contribution in [1.29, 1.82) is 0 Å². The molecule has 3 aliphatic rings. The first-order valence-electron chi connectivity index (χ1n) is 5.78. The normalized spacial score (nSPS) is 39.4. The van der Waals surface area contributed by atoms with Gasteiger partial charge < -0.3 is 0 Å². The van der Waals surface area contributed by atoms with Crippen LogP contribution < -0.4 is 0 Å². The lowest BCUT2D eigenvalue weighted by Crippen LogP contribution is -2.28. The smallest absolute Gasteiger partial charge is 0.148 e. The standard InChI is InChI=1S/C15H14O/c16-15-13-7-3-1-5-11(13)9-10-12-6-2-4-8-14(12)15/h1-14H. The molecule has 0 aliphatic heterocycles. The van der Waals surface area contributed by atoms with Crippen LogP contribution in [0.15, 0.2) is 60.8 Å². The van der Waals surface area contributed by atoms with Crippen LogP contribution in [0.25, 0.3) is 0 Å². The molecule has 0 spiro atoms. The van der Waals surface area contributed by atoms with Gasteiger partial charge in [-0.3, -0.25) is 4.79 Å². The Bertz CT molecular complexity index is 408. The lowest BCUT2D eigenvalue weighted by Gasteiger charge is -2.23. The van der Waals surface area contributed by atoms with Gasteiger partial charge in [-0.25, -0.2) is 0 Å². The van der Waals surface area contributed by atoms with E-state index < -0.39 is 0 Å². The minimum Gasteiger partial charge on any atom is -0.298 e. The molecular formula is C15H14O. The third-order valence-electron chi connectivity index (χ3n) is 3.57. The van der Waals surface area contributed by atoms with Crippen molar-refractivity contribution in [3.8, 4) is 0 Å². The number of fused-ring (bicyclic) bond motifs is 2. The van der Waals surface area contributed by atoms with Crippen LogP contribution in [0.4, 0.5) is 0 Å². The lowest BCUT2D eigenvalue weighted by atomic mass is 9.79. The van der Waals surface area contributed by atoms with Gasteiger partial charge in [0, 0.05) is 23.7 Å². The van der Waals surface area contributed by atoms with Crippen LogP contribution in [0, 0.1) is 23.7 Å². The fourth-order valence-corrected chi connectivity index (χ4v) is 2.66. The van der Waals surface area contributed by atoms with Gasteiger partial charge in [0.15, 0.2) is 0 Å². The number of ketones is 1. The highest BCUT2D eigenvalue weighted by atomic mass is 16.1. The molecule has 0 aromatic heterocycles. The van der Waals surface area contributed by atoms with Gasteiger partial charge in [0.25, 0.3) is 0 Å². The largest absolute Gasteiger partial charge is 0.298 e. The third kappa shape index (κ3) is 1.44. The molecular weight excluding hydrogens is 196 g/mol. The monoisotopic (exact) mass is 210 g/mol. The molecule has 0 amide bonds. The van der Waals surface area contributed by atoms with Crippen molar-refractivity contribution < 1.29 is 4.79 Å². The summed E-state index contributed by atoms with van der Waals surface area (Å²) in [4.78, 5) is 12.4. The number of hydrogen-bond acceptors (Lipinski definition) is 1. The summed E-state index contributed by atoms with van der Waals surface area (Å²) in [6, 6.07) is 0. The highest BCUT2D eigenvalue weighted by Gasteiger charge is 2.34. The fraction of sp³-hybridized carbons (Fsp3) is 0.267. The van der Waals surface area contributed by atoms with E-state index in [1.807, 2.05) is 36.5 Å². The van der Waals surface area contributed by atoms with Crippen molar-refractivity contribution in [2.24, 2.45) is 23.7 Å². The van der Waals surface area contributed by atoms with E-state index in [1.54, 1.807) is 0 Å². The third-order valence-corrected chi connectivity index (χ3v) is 3.57. The molecule has 0 bridgehead atoms. The number of carbonyl (C=O) groups excluding carboxylic acids is 1. The molecule has 3 rings (SSSR count).